The Morgan fingerprint density at radius 1 is 0.962 bits per heavy atom. The molecule has 2 aromatic rings. The lowest BCUT2D eigenvalue weighted by Crippen LogP contribution is -2.11. The van der Waals surface area contributed by atoms with E-state index in [1.54, 1.807) is 0 Å². The van der Waals surface area contributed by atoms with Gasteiger partial charge >= 0.3 is 0 Å². The van der Waals surface area contributed by atoms with E-state index in [9.17, 15) is 8.78 Å². The fourth-order valence-corrected chi connectivity index (χ4v) is 4.01. The van der Waals surface area contributed by atoms with Gasteiger partial charge in [0.1, 0.15) is 0 Å². The number of halogens is 2. The van der Waals surface area contributed by atoms with E-state index in [2.05, 4.69) is 13.0 Å². The molecule has 26 heavy (non-hydrogen) atoms. The molecule has 0 spiro atoms. The minimum absolute atomic E-state index is 0.410. The number of allylic oxidation sites excluding steroid dienone is 2. The SMILES string of the molecule is CC1CCCC(C=CCC(c2ccc(-c3ccccc3)cc2)C(F)F)C1. The molecule has 0 amide bonds. The van der Waals surface area contributed by atoms with Gasteiger partial charge in [0.15, 0.2) is 0 Å². The van der Waals surface area contributed by atoms with E-state index in [4.69, 9.17) is 0 Å². The lowest BCUT2D eigenvalue weighted by atomic mass is 9.82. The smallest absolute Gasteiger partial charge is 0.210 e. The highest BCUT2D eigenvalue weighted by Gasteiger charge is 2.22. The molecule has 3 rings (SSSR count). The minimum atomic E-state index is -2.34. The molecule has 2 aromatic carbocycles. The molecular formula is C24H28F2. The molecule has 1 aliphatic rings. The standard InChI is InChI=1S/C24H28F2/c1-18-7-5-8-19(17-18)9-6-12-23(24(25)26)22-15-13-21(14-16-22)20-10-3-2-4-11-20/h2-4,6,9-11,13-16,18-19,23-24H,5,7-8,12,17H2,1H3. The molecule has 1 aliphatic carbocycles. The van der Waals surface area contributed by atoms with Crippen molar-refractivity contribution >= 4 is 0 Å². The van der Waals surface area contributed by atoms with E-state index >= 15 is 0 Å². The Labute approximate surface area is 156 Å². The quantitative estimate of drug-likeness (QED) is 0.472. The van der Waals surface area contributed by atoms with Crippen molar-refractivity contribution in [2.45, 2.75) is 51.4 Å². The highest BCUT2D eigenvalue weighted by Crippen LogP contribution is 2.32. The Kier molecular flexibility index (Phi) is 6.60. The maximum Gasteiger partial charge on any atom is 0.245 e. The molecular weight excluding hydrogens is 326 g/mol. The molecule has 0 saturated heterocycles. The highest BCUT2D eigenvalue weighted by molar-refractivity contribution is 5.63. The summed E-state index contributed by atoms with van der Waals surface area (Å²) in [4.78, 5) is 0. The molecule has 0 aliphatic heterocycles. The summed E-state index contributed by atoms with van der Waals surface area (Å²) in [6.45, 7) is 2.29. The Hall–Kier alpha value is -1.96. The molecule has 0 N–H and O–H groups in total. The highest BCUT2D eigenvalue weighted by atomic mass is 19.3. The van der Waals surface area contributed by atoms with Crippen LogP contribution in [-0.2, 0) is 0 Å². The van der Waals surface area contributed by atoms with E-state index < -0.39 is 12.3 Å². The Morgan fingerprint density at radius 2 is 1.65 bits per heavy atom. The summed E-state index contributed by atoms with van der Waals surface area (Å²) in [5, 5.41) is 0. The van der Waals surface area contributed by atoms with Gasteiger partial charge in [-0.3, -0.25) is 0 Å². The molecule has 1 saturated carbocycles. The average Bonchev–Trinajstić information content (AvgIpc) is 2.66. The largest absolute Gasteiger partial charge is 0.245 e. The van der Waals surface area contributed by atoms with Crippen LogP contribution in [0.4, 0.5) is 8.78 Å². The summed E-state index contributed by atoms with van der Waals surface area (Å²) in [5.41, 5.74) is 2.90. The maximum atomic E-state index is 13.6. The van der Waals surface area contributed by atoms with Crippen LogP contribution in [0.2, 0.25) is 0 Å². The number of alkyl halides is 2. The number of hydrogen-bond donors (Lipinski definition) is 0. The third-order valence-electron chi connectivity index (χ3n) is 5.53. The first-order valence-corrected chi connectivity index (χ1v) is 9.73. The van der Waals surface area contributed by atoms with E-state index in [1.165, 1.54) is 25.7 Å². The Bertz CT molecular complexity index is 688. The molecule has 0 nitrogen and oxygen atoms in total. The van der Waals surface area contributed by atoms with Crippen molar-refractivity contribution in [3.8, 4) is 11.1 Å². The van der Waals surface area contributed by atoms with Gasteiger partial charge in [-0.05, 0) is 47.8 Å². The van der Waals surface area contributed by atoms with Crippen LogP contribution < -0.4 is 0 Å². The molecule has 2 heteroatoms. The van der Waals surface area contributed by atoms with E-state index in [1.807, 2.05) is 60.7 Å². The molecule has 0 heterocycles. The van der Waals surface area contributed by atoms with Crippen molar-refractivity contribution in [1.29, 1.82) is 0 Å². The Balaban J connectivity index is 1.66. The predicted molar refractivity (Wildman–Crippen MR) is 106 cm³/mol. The second kappa shape index (κ2) is 9.12. The van der Waals surface area contributed by atoms with Crippen LogP contribution in [0.1, 0.15) is 50.5 Å². The van der Waals surface area contributed by atoms with E-state index in [0.29, 0.717) is 12.3 Å². The minimum Gasteiger partial charge on any atom is -0.210 e. The summed E-state index contributed by atoms with van der Waals surface area (Å²) < 4.78 is 27.2. The maximum absolute atomic E-state index is 13.6. The van der Waals surface area contributed by atoms with Crippen molar-refractivity contribution in [2.75, 3.05) is 0 Å². The average molecular weight is 354 g/mol. The zero-order chi connectivity index (χ0) is 18.4. The zero-order valence-corrected chi connectivity index (χ0v) is 15.5. The molecule has 138 valence electrons. The first-order valence-electron chi connectivity index (χ1n) is 9.73. The molecule has 3 unspecified atom stereocenters. The second-order valence-electron chi connectivity index (χ2n) is 7.62. The number of benzene rings is 2. The summed E-state index contributed by atoms with van der Waals surface area (Å²) in [5.74, 6) is 0.601. The van der Waals surface area contributed by atoms with Gasteiger partial charge in [0, 0.05) is 5.92 Å². The normalized spacial score (nSPS) is 22.0. The zero-order valence-electron chi connectivity index (χ0n) is 15.5. The van der Waals surface area contributed by atoms with Crippen LogP contribution in [0.15, 0.2) is 66.7 Å². The molecule has 0 bridgehead atoms. The van der Waals surface area contributed by atoms with Gasteiger partial charge < -0.3 is 0 Å². The summed E-state index contributed by atoms with van der Waals surface area (Å²) in [6, 6.07) is 17.6. The molecule has 0 radical (unpaired) electrons. The van der Waals surface area contributed by atoms with E-state index in [0.717, 1.165) is 22.6 Å². The van der Waals surface area contributed by atoms with Crippen LogP contribution in [0.5, 0.6) is 0 Å². The molecule has 3 atom stereocenters. The van der Waals surface area contributed by atoms with Crippen molar-refractivity contribution in [3.05, 3.63) is 72.3 Å². The van der Waals surface area contributed by atoms with Gasteiger partial charge in [0.05, 0.1) is 0 Å². The first kappa shape index (κ1) is 18.8. The van der Waals surface area contributed by atoms with Gasteiger partial charge in [-0.1, -0.05) is 86.5 Å². The van der Waals surface area contributed by atoms with Crippen molar-refractivity contribution < 1.29 is 8.78 Å². The first-order chi connectivity index (χ1) is 12.6. The third kappa shape index (κ3) is 5.03. The van der Waals surface area contributed by atoms with Crippen LogP contribution in [0.3, 0.4) is 0 Å². The summed E-state index contributed by atoms with van der Waals surface area (Å²) in [7, 11) is 0. The van der Waals surface area contributed by atoms with Gasteiger partial charge in [0.25, 0.3) is 0 Å². The predicted octanol–water partition coefficient (Wildman–Crippen LogP) is 7.47. The molecule has 0 aromatic heterocycles. The number of rotatable bonds is 6. The number of hydrogen-bond acceptors (Lipinski definition) is 0. The topological polar surface area (TPSA) is 0 Å². The van der Waals surface area contributed by atoms with E-state index in [-0.39, 0.29) is 0 Å². The van der Waals surface area contributed by atoms with Crippen molar-refractivity contribution in [3.63, 3.8) is 0 Å². The third-order valence-corrected chi connectivity index (χ3v) is 5.53. The van der Waals surface area contributed by atoms with Gasteiger partial charge in [-0.25, -0.2) is 8.78 Å². The van der Waals surface area contributed by atoms with Gasteiger partial charge in [-0.2, -0.15) is 0 Å². The molecule has 1 fully saturated rings. The van der Waals surface area contributed by atoms with Crippen molar-refractivity contribution in [2.24, 2.45) is 11.8 Å². The summed E-state index contributed by atoms with van der Waals surface area (Å²) >= 11 is 0. The van der Waals surface area contributed by atoms with Gasteiger partial charge in [0.2, 0.25) is 6.43 Å². The monoisotopic (exact) mass is 354 g/mol. The van der Waals surface area contributed by atoms with Crippen LogP contribution in [0, 0.1) is 11.8 Å². The summed E-state index contributed by atoms with van der Waals surface area (Å²) in [6.07, 6.45) is 7.20. The fourth-order valence-electron chi connectivity index (χ4n) is 4.01. The Morgan fingerprint density at radius 3 is 2.31 bits per heavy atom. The van der Waals surface area contributed by atoms with Crippen LogP contribution in [-0.4, -0.2) is 6.43 Å². The van der Waals surface area contributed by atoms with Crippen LogP contribution in [0.25, 0.3) is 11.1 Å². The fraction of sp³-hybridized carbons (Fsp3) is 0.417. The van der Waals surface area contributed by atoms with Gasteiger partial charge in [-0.15, -0.1) is 0 Å². The van der Waals surface area contributed by atoms with Crippen LogP contribution >= 0.6 is 0 Å². The van der Waals surface area contributed by atoms with Crippen molar-refractivity contribution in [1.82, 2.24) is 0 Å². The lowest BCUT2D eigenvalue weighted by molar-refractivity contribution is 0.115. The second-order valence-corrected chi connectivity index (χ2v) is 7.62. The lowest BCUT2D eigenvalue weighted by Gasteiger charge is -2.24.